The van der Waals surface area contributed by atoms with Crippen LogP contribution >= 0.6 is 34.7 Å². The van der Waals surface area contributed by atoms with Gasteiger partial charge in [-0.15, -0.1) is 11.8 Å². The lowest BCUT2D eigenvalue weighted by Gasteiger charge is -2.31. The van der Waals surface area contributed by atoms with Gasteiger partial charge in [-0.1, -0.05) is 29.0 Å². The molecule has 0 radical (unpaired) electrons. The largest absolute Gasteiger partial charge is 0.496 e. The van der Waals surface area contributed by atoms with Crippen molar-refractivity contribution in [2.45, 2.75) is 24.2 Å². The van der Waals surface area contributed by atoms with Crippen molar-refractivity contribution in [1.29, 1.82) is 0 Å². The fourth-order valence-electron chi connectivity index (χ4n) is 3.86. The second-order valence-corrected chi connectivity index (χ2v) is 10.3. The van der Waals surface area contributed by atoms with Crippen molar-refractivity contribution in [1.82, 2.24) is 4.98 Å². The zero-order valence-corrected chi connectivity index (χ0v) is 20.1. The summed E-state index contributed by atoms with van der Waals surface area (Å²) in [4.78, 5) is 18.7. The zero-order chi connectivity index (χ0) is 22.5. The highest BCUT2D eigenvalue weighted by Gasteiger charge is 2.21. The molecule has 0 N–H and O–H groups in total. The maximum Gasteiger partial charge on any atom is 0.186 e. The third-order valence-electron chi connectivity index (χ3n) is 5.61. The van der Waals surface area contributed by atoms with Crippen molar-refractivity contribution in [3.8, 4) is 5.75 Å². The smallest absolute Gasteiger partial charge is 0.186 e. The van der Waals surface area contributed by atoms with Gasteiger partial charge in [-0.3, -0.25) is 4.79 Å². The summed E-state index contributed by atoms with van der Waals surface area (Å²) in [5.74, 6) is 1.59. The number of hydrogen-bond donors (Lipinski definition) is 0. The van der Waals surface area contributed by atoms with Crippen LogP contribution in [0.3, 0.4) is 0 Å². The maximum atomic E-state index is 13.2. The van der Waals surface area contributed by atoms with Crippen molar-refractivity contribution in [2.75, 3.05) is 30.9 Å². The number of fused-ring (bicyclic) bond motifs is 1. The maximum absolute atomic E-state index is 13.2. The SMILES string of the molecule is COc1cc(/C=C(\F)C=O)ccc1SCCC1CCN(c2nc3ccc(Cl)cc3s2)CC1. The summed E-state index contributed by atoms with van der Waals surface area (Å²) < 4.78 is 19.8. The molecular weight excluding hydrogens is 467 g/mol. The average Bonchev–Trinajstić information content (AvgIpc) is 3.23. The van der Waals surface area contributed by atoms with Crippen LogP contribution in [0, 0.1) is 5.92 Å². The minimum Gasteiger partial charge on any atom is -0.496 e. The number of ether oxygens (including phenoxy) is 1. The van der Waals surface area contributed by atoms with E-state index in [0.29, 0.717) is 17.2 Å². The highest BCUT2D eigenvalue weighted by molar-refractivity contribution is 7.99. The van der Waals surface area contributed by atoms with E-state index in [9.17, 15) is 9.18 Å². The Morgan fingerprint density at radius 3 is 2.88 bits per heavy atom. The lowest BCUT2D eigenvalue weighted by molar-refractivity contribution is -0.106. The highest BCUT2D eigenvalue weighted by Crippen LogP contribution is 2.35. The van der Waals surface area contributed by atoms with Crippen molar-refractivity contribution in [3.05, 3.63) is 52.8 Å². The lowest BCUT2D eigenvalue weighted by atomic mass is 9.95. The van der Waals surface area contributed by atoms with E-state index in [0.717, 1.165) is 63.4 Å². The van der Waals surface area contributed by atoms with Gasteiger partial charge in [0.25, 0.3) is 0 Å². The summed E-state index contributed by atoms with van der Waals surface area (Å²) in [7, 11) is 1.61. The number of piperidine rings is 1. The number of nitrogens with zero attached hydrogens (tertiary/aromatic N) is 2. The first kappa shape index (κ1) is 23.1. The molecule has 2 heterocycles. The van der Waals surface area contributed by atoms with E-state index in [1.165, 1.54) is 6.08 Å². The number of aromatic nitrogens is 1. The fraction of sp³-hybridized carbons (Fsp3) is 0.333. The van der Waals surface area contributed by atoms with Crippen LogP contribution < -0.4 is 9.64 Å². The normalized spacial score (nSPS) is 15.3. The predicted molar refractivity (Wildman–Crippen MR) is 133 cm³/mol. The molecule has 168 valence electrons. The number of halogens is 2. The van der Waals surface area contributed by atoms with E-state index in [2.05, 4.69) is 4.90 Å². The summed E-state index contributed by atoms with van der Waals surface area (Å²) >= 11 is 9.57. The molecule has 3 aromatic rings. The van der Waals surface area contributed by atoms with Gasteiger partial charge in [0.1, 0.15) is 5.75 Å². The fourth-order valence-corrected chi connectivity index (χ4v) is 6.27. The van der Waals surface area contributed by atoms with Crippen molar-refractivity contribution in [2.24, 2.45) is 5.92 Å². The van der Waals surface area contributed by atoms with E-state index in [4.69, 9.17) is 21.3 Å². The number of hydrogen-bond acceptors (Lipinski definition) is 6. The quantitative estimate of drug-likeness (QED) is 0.196. The van der Waals surface area contributed by atoms with Gasteiger partial charge in [0.05, 0.1) is 17.3 Å². The first-order valence-electron chi connectivity index (χ1n) is 10.5. The van der Waals surface area contributed by atoms with Gasteiger partial charge in [-0.2, -0.15) is 0 Å². The molecule has 1 saturated heterocycles. The van der Waals surface area contributed by atoms with Crippen LogP contribution in [0.2, 0.25) is 5.02 Å². The summed E-state index contributed by atoms with van der Waals surface area (Å²) in [5, 5.41) is 1.83. The third-order valence-corrected chi connectivity index (χ3v) is 8.01. The molecule has 0 unspecified atom stereocenters. The molecule has 1 aromatic heterocycles. The van der Waals surface area contributed by atoms with Crippen LogP contribution in [0.4, 0.5) is 9.52 Å². The Kier molecular flexibility index (Phi) is 7.71. The first-order chi connectivity index (χ1) is 15.6. The van der Waals surface area contributed by atoms with Crippen molar-refractivity contribution < 1.29 is 13.9 Å². The average molecular weight is 491 g/mol. The molecule has 0 atom stereocenters. The molecule has 1 aliphatic rings. The van der Waals surface area contributed by atoms with Crippen LogP contribution in [0.5, 0.6) is 5.75 Å². The van der Waals surface area contributed by atoms with Crippen LogP contribution in [0.25, 0.3) is 16.3 Å². The Hall–Kier alpha value is -2.09. The van der Waals surface area contributed by atoms with Crippen LogP contribution in [-0.4, -0.2) is 37.2 Å². The molecule has 0 bridgehead atoms. The molecule has 0 saturated carbocycles. The Balaban J connectivity index is 1.28. The minimum atomic E-state index is -0.798. The predicted octanol–water partition coefficient (Wildman–Crippen LogP) is 6.87. The molecule has 0 spiro atoms. The van der Waals surface area contributed by atoms with Crippen molar-refractivity contribution >= 4 is 62.4 Å². The molecule has 1 fully saturated rings. The summed E-state index contributed by atoms with van der Waals surface area (Å²) in [6.45, 7) is 2.05. The Morgan fingerprint density at radius 1 is 1.31 bits per heavy atom. The molecule has 0 aliphatic carbocycles. The number of anilines is 1. The van der Waals surface area contributed by atoms with E-state index < -0.39 is 5.83 Å². The van der Waals surface area contributed by atoms with Crippen LogP contribution in [-0.2, 0) is 4.79 Å². The second kappa shape index (κ2) is 10.7. The van der Waals surface area contributed by atoms with Gasteiger partial charge < -0.3 is 9.64 Å². The number of rotatable bonds is 8. The number of allylic oxidation sites excluding steroid dienone is 1. The number of carbonyl (C=O) groups excluding carboxylic acids is 1. The van der Waals surface area contributed by atoms with Gasteiger partial charge in [0.15, 0.2) is 17.2 Å². The third kappa shape index (κ3) is 5.63. The summed E-state index contributed by atoms with van der Waals surface area (Å²) in [6.07, 6.45) is 4.86. The molecule has 0 amide bonds. The van der Waals surface area contributed by atoms with Crippen molar-refractivity contribution in [3.63, 3.8) is 0 Å². The number of carbonyl (C=O) groups is 1. The van der Waals surface area contributed by atoms with E-state index in [1.54, 1.807) is 42.3 Å². The zero-order valence-electron chi connectivity index (χ0n) is 17.7. The monoisotopic (exact) mass is 490 g/mol. The van der Waals surface area contributed by atoms with Gasteiger partial charge in [-0.25, -0.2) is 9.37 Å². The minimum absolute atomic E-state index is 0.201. The number of thioether (sulfide) groups is 1. The summed E-state index contributed by atoms with van der Waals surface area (Å²) in [5.41, 5.74) is 1.62. The molecule has 4 rings (SSSR count). The molecule has 2 aromatic carbocycles. The van der Waals surface area contributed by atoms with E-state index >= 15 is 0 Å². The number of methoxy groups -OCH3 is 1. The number of benzene rings is 2. The Morgan fingerprint density at radius 2 is 2.12 bits per heavy atom. The summed E-state index contributed by atoms with van der Waals surface area (Å²) in [6, 6.07) is 11.3. The van der Waals surface area contributed by atoms with Gasteiger partial charge >= 0.3 is 0 Å². The van der Waals surface area contributed by atoms with Gasteiger partial charge in [0, 0.05) is 23.0 Å². The van der Waals surface area contributed by atoms with Crippen LogP contribution in [0.15, 0.2) is 47.1 Å². The van der Waals surface area contributed by atoms with Gasteiger partial charge in [-0.05, 0) is 72.9 Å². The second-order valence-electron chi connectivity index (χ2n) is 7.73. The molecule has 4 nitrogen and oxygen atoms in total. The lowest BCUT2D eigenvalue weighted by Crippen LogP contribution is -2.33. The molecule has 1 aliphatic heterocycles. The van der Waals surface area contributed by atoms with Gasteiger partial charge in [0.2, 0.25) is 0 Å². The molecule has 32 heavy (non-hydrogen) atoms. The standard InChI is InChI=1S/C24H24ClFN2O2S2/c1-30-21-13-17(12-19(26)15-29)2-5-22(21)31-11-8-16-6-9-28(10-7-16)24-27-20-4-3-18(25)14-23(20)32-24/h2-5,12-16H,6-11H2,1H3/b19-12-. The van der Waals surface area contributed by atoms with E-state index in [-0.39, 0.29) is 6.29 Å². The topological polar surface area (TPSA) is 42.4 Å². The molecule has 8 heteroatoms. The van der Waals surface area contributed by atoms with E-state index in [1.807, 2.05) is 24.3 Å². The number of thiazole rings is 1. The Labute approximate surface area is 200 Å². The Bertz CT molecular complexity index is 1130. The number of aldehydes is 1. The highest BCUT2D eigenvalue weighted by atomic mass is 35.5. The first-order valence-corrected chi connectivity index (χ1v) is 12.7. The molecular formula is C24H24ClFN2O2S2. The van der Waals surface area contributed by atoms with Crippen LogP contribution in [0.1, 0.15) is 24.8 Å².